The lowest BCUT2D eigenvalue weighted by molar-refractivity contribution is -0.197. The molecule has 1 aromatic rings. The maximum atomic E-state index is 14.5. The van der Waals surface area contributed by atoms with Crippen molar-refractivity contribution in [2.75, 3.05) is 6.54 Å². The molecule has 0 saturated carbocycles. The predicted molar refractivity (Wildman–Crippen MR) is 93.8 cm³/mol. The monoisotopic (exact) mass is 440 g/mol. The number of primary amides is 1. The van der Waals surface area contributed by atoms with Crippen molar-refractivity contribution in [1.82, 2.24) is 4.90 Å². The molecule has 11 heteroatoms. The van der Waals surface area contributed by atoms with Crippen molar-refractivity contribution < 1.29 is 40.7 Å². The van der Waals surface area contributed by atoms with Crippen molar-refractivity contribution in [1.29, 1.82) is 0 Å². The van der Waals surface area contributed by atoms with Crippen LogP contribution in [0.1, 0.15) is 45.6 Å². The summed E-state index contributed by atoms with van der Waals surface area (Å²) in [5, 5.41) is 0. The lowest BCUT2D eigenvalue weighted by atomic mass is 9.65. The molecule has 2 N–H and O–H groups in total. The third-order valence-corrected chi connectivity index (χ3v) is 5.47. The lowest BCUT2D eigenvalue weighted by Gasteiger charge is -2.53. The number of rotatable bonds is 3. The topological polar surface area (TPSA) is 72.6 Å². The molecule has 3 atom stereocenters. The number of ether oxygens (including phenoxy) is 1. The smallest absolute Gasteiger partial charge is 0.406 e. The molecule has 1 aliphatic rings. The Bertz CT molecular complexity index is 852. The van der Waals surface area contributed by atoms with E-state index in [9.17, 15) is 35.9 Å². The number of carbonyl (C=O) groups is 2. The zero-order chi connectivity index (χ0) is 23.2. The second-order valence-corrected chi connectivity index (χ2v) is 8.35. The first-order valence-electron chi connectivity index (χ1n) is 9.01. The summed E-state index contributed by atoms with van der Waals surface area (Å²) in [6.45, 7) is 3.62. The van der Waals surface area contributed by atoms with E-state index in [0.717, 1.165) is 6.92 Å². The molecule has 1 heterocycles. The van der Waals surface area contributed by atoms with Crippen molar-refractivity contribution in [2.24, 2.45) is 11.1 Å². The maximum Gasteiger partial charge on any atom is 0.406 e. The van der Waals surface area contributed by atoms with Crippen LogP contribution in [0.4, 0.5) is 31.1 Å². The minimum Gasteiger partial charge on any atom is -0.432 e. The zero-order valence-electron chi connectivity index (χ0n) is 16.7. The Morgan fingerprint density at radius 1 is 1.20 bits per heavy atom. The third-order valence-electron chi connectivity index (χ3n) is 5.47. The number of likely N-dealkylation sites (tertiary alicyclic amines) is 1. The van der Waals surface area contributed by atoms with E-state index in [0.29, 0.717) is 17.0 Å². The Morgan fingerprint density at radius 3 is 2.20 bits per heavy atom. The Morgan fingerprint density at radius 2 is 1.73 bits per heavy atom. The van der Waals surface area contributed by atoms with Gasteiger partial charge in [-0.3, -0.25) is 4.79 Å². The number of benzene rings is 1. The molecule has 168 valence electrons. The Balaban J connectivity index is 2.77. The van der Waals surface area contributed by atoms with Gasteiger partial charge < -0.3 is 15.4 Å². The highest BCUT2D eigenvalue weighted by molar-refractivity contribution is 5.90. The quantitative estimate of drug-likeness (QED) is 0.564. The fourth-order valence-electron chi connectivity index (χ4n) is 3.87. The van der Waals surface area contributed by atoms with Crippen LogP contribution in [0.2, 0.25) is 0 Å². The number of hydrogen-bond acceptors (Lipinski definition) is 3. The number of nitrogens with two attached hydrogens (primary N) is 1. The third kappa shape index (κ3) is 4.20. The van der Waals surface area contributed by atoms with Crippen LogP contribution in [0.25, 0.3) is 0 Å². The number of alkyl halides is 3. The molecule has 1 aromatic carbocycles. The minimum absolute atomic E-state index is 0.339. The maximum absolute atomic E-state index is 14.5. The molecule has 1 saturated heterocycles. The van der Waals surface area contributed by atoms with E-state index in [1.165, 1.54) is 20.8 Å². The summed E-state index contributed by atoms with van der Waals surface area (Å²) in [7, 11) is 0. The summed E-state index contributed by atoms with van der Waals surface area (Å²) in [6, 6.07) is -0.215. The summed E-state index contributed by atoms with van der Waals surface area (Å²) in [5.41, 5.74) is 0.662. The fraction of sp³-hybridized carbons (Fsp3) is 0.579. The summed E-state index contributed by atoms with van der Waals surface area (Å²) in [5.74, 6) is -6.86. The highest BCUT2D eigenvalue weighted by Gasteiger charge is 2.61. The van der Waals surface area contributed by atoms with Crippen LogP contribution in [-0.4, -0.2) is 41.3 Å². The van der Waals surface area contributed by atoms with E-state index >= 15 is 0 Å². The normalized spacial score (nSPS) is 25.4. The van der Waals surface area contributed by atoms with Gasteiger partial charge in [0.1, 0.15) is 12.4 Å². The largest absolute Gasteiger partial charge is 0.432 e. The Kier molecular flexibility index (Phi) is 6.08. The van der Waals surface area contributed by atoms with Crippen molar-refractivity contribution >= 4 is 12.0 Å². The molecule has 1 unspecified atom stereocenters. The van der Waals surface area contributed by atoms with Crippen molar-refractivity contribution in [2.45, 2.75) is 57.9 Å². The molecule has 1 fully saturated rings. The van der Waals surface area contributed by atoms with Crippen LogP contribution in [0.15, 0.2) is 12.1 Å². The second-order valence-electron chi connectivity index (χ2n) is 8.35. The molecular weight excluding hydrogens is 418 g/mol. The molecular formula is C19H22F6N2O3. The average Bonchev–Trinajstić information content (AvgIpc) is 2.57. The van der Waals surface area contributed by atoms with Crippen molar-refractivity contribution in [3.05, 3.63) is 35.1 Å². The van der Waals surface area contributed by atoms with E-state index in [2.05, 4.69) is 0 Å². The molecule has 5 nitrogen and oxygen atoms in total. The molecule has 2 amide bonds. The van der Waals surface area contributed by atoms with E-state index in [1.807, 2.05) is 0 Å². The van der Waals surface area contributed by atoms with Gasteiger partial charge in [-0.25, -0.2) is 18.0 Å². The number of hydrogen-bond donors (Lipinski definition) is 1. The average molecular weight is 440 g/mol. The molecule has 0 spiro atoms. The standard InChI is InChI=1S/C19H22F6N2O3/c1-9-10(13-11(20)5-6-12(21)14(13)22)7-18(17(2,3)4,30-16(26)29)15(28)27(9)8-19(23,24)25/h5-6,9-10H,7-8H2,1-4H3,(H2,26,29)/t9-,10-,18?/m1/s1. The Labute approximate surface area is 169 Å². The van der Waals surface area contributed by atoms with Gasteiger partial charge in [0.05, 0.1) is 0 Å². The summed E-state index contributed by atoms with van der Waals surface area (Å²) >= 11 is 0. The van der Waals surface area contributed by atoms with Crippen LogP contribution >= 0.6 is 0 Å². The van der Waals surface area contributed by atoms with E-state index in [4.69, 9.17) is 10.5 Å². The van der Waals surface area contributed by atoms with Gasteiger partial charge in [-0.05, 0) is 19.1 Å². The summed E-state index contributed by atoms with van der Waals surface area (Å²) in [4.78, 5) is 25.1. The molecule has 0 aromatic heterocycles. The number of piperidine rings is 1. The fourth-order valence-corrected chi connectivity index (χ4v) is 3.87. The van der Waals surface area contributed by atoms with Gasteiger partial charge in [-0.2, -0.15) is 13.2 Å². The van der Waals surface area contributed by atoms with Crippen LogP contribution in [-0.2, 0) is 9.53 Å². The van der Waals surface area contributed by atoms with Crippen LogP contribution in [0.5, 0.6) is 0 Å². The minimum atomic E-state index is -4.86. The van der Waals surface area contributed by atoms with Gasteiger partial charge in [-0.15, -0.1) is 0 Å². The second kappa shape index (κ2) is 7.66. The van der Waals surface area contributed by atoms with Crippen LogP contribution in [0.3, 0.4) is 0 Å². The van der Waals surface area contributed by atoms with Gasteiger partial charge in [0, 0.05) is 29.4 Å². The van der Waals surface area contributed by atoms with Gasteiger partial charge in [0.15, 0.2) is 17.2 Å². The number of carbonyl (C=O) groups excluding carboxylic acids is 2. The van der Waals surface area contributed by atoms with Gasteiger partial charge in [-0.1, -0.05) is 20.8 Å². The van der Waals surface area contributed by atoms with Gasteiger partial charge >= 0.3 is 12.3 Å². The first kappa shape index (κ1) is 23.8. The van der Waals surface area contributed by atoms with E-state index < -0.39 is 77.1 Å². The van der Waals surface area contributed by atoms with Crippen LogP contribution < -0.4 is 5.73 Å². The zero-order valence-corrected chi connectivity index (χ0v) is 16.7. The SMILES string of the molecule is C[C@@H]1[C@H](c2c(F)ccc(F)c2F)CC(OC(N)=O)(C(C)(C)C)C(=O)N1CC(F)(F)F. The van der Waals surface area contributed by atoms with Crippen molar-refractivity contribution in [3.8, 4) is 0 Å². The van der Waals surface area contributed by atoms with Crippen LogP contribution in [0, 0.1) is 22.9 Å². The number of nitrogens with zero attached hydrogens (tertiary/aromatic N) is 1. The van der Waals surface area contributed by atoms with Gasteiger partial charge in [0.25, 0.3) is 5.91 Å². The number of halogens is 6. The Hall–Kier alpha value is -2.46. The summed E-state index contributed by atoms with van der Waals surface area (Å²) in [6.07, 6.45) is -6.90. The molecule has 0 radical (unpaired) electrons. The molecule has 1 aliphatic heterocycles. The van der Waals surface area contributed by atoms with Crippen molar-refractivity contribution in [3.63, 3.8) is 0 Å². The molecule has 0 bridgehead atoms. The molecule has 0 aliphatic carbocycles. The highest BCUT2D eigenvalue weighted by atomic mass is 19.4. The predicted octanol–water partition coefficient (Wildman–Crippen LogP) is 4.25. The molecule has 2 rings (SSSR count). The van der Waals surface area contributed by atoms with E-state index in [1.54, 1.807) is 0 Å². The summed E-state index contributed by atoms with van der Waals surface area (Å²) < 4.78 is 87.5. The first-order chi connectivity index (χ1) is 13.5. The molecule has 30 heavy (non-hydrogen) atoms. The number of amides is 2. The lowest BCUT2D eigenvalue weighted by Crippen LogP contribution is -2.67. The highest BCUT2D eigenvalue weighted by Crippen LogP contribution is 2.49. The van der Waals surface area contributed by atoms with Gasteiger partial charge in [0.2, 0.25) is 0 Å². The first-order valence-corrected chi connectivity index (χ1v) is 9.01. The van der Waals surface area contributed by atoms with E-state index in [-0.39, 0.29) is 0 Å².